The number of benzene rings is 1. The third-order valence-electron chi connectivity index (χ3n) is 2.17. The molecule has 0 amide bonds. The van der Waals surface area contributed by atoms with Crippen molar-refractivity contribution >= 4 is 0 Å². The maximum Gasteiger partial charge on any atom is 0.122 e. The monoisotopic (exact) mass is 162 g/mol. The van der Waals surface area contributed by atoms with Crippen molar-refractivity contribution in [2.45, 2.75) is 32.3 Å². The van der Waals surface area contributed by atoms with Crippen LogP contribution in [0.25, 0.3) is 0 Å². The minimum Gasteiger partial charge on any atom is -0.490 e. The number of rotatable bonds is 3. The fourth-order valence-electron chi connectivity index (χ4n) is 1.28. The molecule has 0 saturated heterocycles. The minimum atomic E-state index is 0.512. The normalized spacial score (nSPS) is 16.1. The van der Waals surface area contributed by atoms with E-state index in [1.165, 1.54) is 18.4 Å². The van der Waals surface area contributed by atoms with Crippen LogP contribution in [0, 0.1) is 0 Å². The topological polar surface area (TPSA) is 9.23 Å². The molecule has 0 aromatic heterocycles. The van der Waals surface area contributed by atoms with Crippen LogP contribution in [0.2, 0.25) is 0 Å². The molecule has 1 aliphatic carbocycles. The molecule has 1 aromatic carbocycles. The highest BCUT2D eigenvalue weighted by atomic mass is 16.5. The highest BCUT2D eigenvalue weighted by Gasteiger charge is 2.23. The van der Waals surface area contributed by atoms with Gasteiger partial charge in [-0.15, -0.1) is 0 Å². The molecule has 1 aromatic rings. The van der Waals surface area contributed by atoms with E-state index in [0.29, 0.717) is 6.10 Å². The van der Waals surface area contributed by atoms with E-state index in [4.69, 9.17) is 4.74 Å². The van der Waals surface area contributed by atoms with Gasteiger partial charge in [-0.25, -0.2) is 0 Å². The lowest BCUT2D eigenvalue weighted by Gasteiger charge is -2.08. The molecule has 64 valence electrons. The Morgan fingerprint density at radius 3 is 2.75 bits per heavy atom. The third-order valence-corrected chi connectivity index (χ3v) is 2.17. The molecule has 12 heavy (non-hydrogen) atoms. The predicted octanol–water partition coefficient (Wildman–Crippen LogP) is 2.79. The molecule has 2 rings (SSSR count). The van der Waals surface area contributed by atoms with Crippen molar-refractivity contribution in [1.82, 2.24) is 0 Å². The van der Waals surface area contributed by atoms with E-state index in [2.05, 4.69) is 25.1 Å². The first-order chi connectivity index (χ1) is 5.90. The van der Waals surface area contributed by atoms with E-state index in [1.807, 2.05) is 6.07 Å². The SMILES string of the molecule is CCc1ccccc1OC1CC1. The van der Waals surface area contributed by atoms with Gasteiger partial charge in [-0.1, -0.05) is 25.1 Å². The second kappa shape index (κ2) is 3.18. The summed E-state index contributed by atoms with van der Waals surface area (Å²) in [5, 5.41) is 0. The number of hydrogen-bond acceptors (Lipinski definition) is 1. The predicted molar refractivity (Wildman–Crippen MR) is 49.5 cm³/mol. The quantitative estimate of drug-likeness (QED) is 0.664. The van der Waals surface area contributed by atoms with Crippen LogP contribution in [0.4, 0.5) is 0 Å². The lowest BCUT2D eigenvalue weighted by Crippen LogP contribution is -1.98. The van der Waals surface area contributed by atoms with Crippen LogP contribution in [0.1, 0.15) is 25.3 Å². The number of ether oxygens (including phenoxy) is 1. The van der Waals surface area contributed by atoms with Crippen LogP contribution in [0.5, 0.6) is 5.75 Å². The Hall–Kier alpha value is -0.980. The largest absolute Gasteiger partial charge is 0.490 e. The molecule has 0 bridgehead atoms. The summed E-state index contributed by atoms with van der Waals surface area (Å²) < 4.78 is 5.75. The standard InChI is InChI=1S/C11H14O/c1-2-9-5-3-4-6-11(9)12-10-7-8-10/h3-6,10H,2,7-8H2,1H3. The summed E-state index contributed by atoms with van der Waals surface area (Å²) in [5.74, 6) is 1.09. The molecular weight excluding hydrogens is 148 g/mol. The van der Waals surface area contributed by atoms with E-state index in [-0.39, 0.29) is 0 Å². The van der Waals surface area contributed by atoms with Gasteiger partial charge in [-0.3, -0.25) is 0 Å². The van der Waals surface area contributed by atoms with Crippen LogP contribution >= 0.6 is 0 Å². The molecule has 0 heterocycles. The first kappa shape index (κ1) is 7.66. The van der Waals surface area contributed by atoms with E-state index < -0.39 is 0 Å². The first-order valence-corrected chi connectivity index (χ1v) is 4.64. The minimum absolute atomic E-state index is 0.512. The van der Waals surface area contributed by atoms with Crippen molar-refractivity contribution in [3.63, 3.8) is 0 Å². The van der Waals surface area contributed by atoms with Gasteiger partial charge in [0.05, 0.1) is 6.10 Å². The van der Waals surface area contributed by atoms with Gasteiger partial charge >= 0.3 is 0 Å². The lowest BCUT2D eigenvalue weighted by atomic mass is 10.1. The van der Waals surface area contributed by atoms with Gasteiger partial charge in [0.1, 0.15) is 5.75 Å². The van der Waals surface area contributed by atoms with Crippen molar-refractivity contribution in [1.29, 1.82) is 0 Å². The van der Waals surface area contributed by atoms with Gasteiger partial charge < -0.3 is 4.74 Å². The Morgan fingerprint density at radius 2 is 2.08 bits per heavy atom. The Morgan fingerprint density at radius 1 is 1.33 bits per heavy atom. The number of para-hydroxylation sites is 1. The molecule has 0 aliphatic heterocycles. The zero-order valence-electron chi connectivity index (χ0n) is 7.42. The van der Waals surface area contributed by atoms with Gasteiger partial charge in [-0.05, 0) is 30.9 Å². The van der Waals surface area contributed by atoms with Crippen molar-refractivity contribution in [2.24, 2.45) is 0 Å². The summed E-state index contributed by atoms with van der Waals surface area (Å²) in [6, 6.07) is 8.31. The highest BCUT2D eigenvalue weighted by molar-refractivity contribution is 5.33. The molecular formula is C11H14O. The summed E-state index contributed by atoms with van der Waals surface area (Å²) in [6.45, 7) is 2.16. The van der Waals surface area contributed by atoms with Gasteiger partial charge in [-0.2, -0.15) is 0 Å². The van der Waals surface area contributed by atoms with Crippen LogP contribution in [-0.2, 0) is 6.42 Å². The molecule has 0 radical (unpaired) electrons. The maximum atomic E-state index is 5.75. The fraction of sp³-hybridized carbons (Fsp3) is 0.455. The molecule has 1 saturated carbocycles. The molecule has 1 fully saturated rings. The van der Waals surface area contributed by atoms with Gasteiger partial charge in [0.15, 0.2) is 0 Å². The molecule has 0 spiro atoms. The van der Waals surface area contributed by atoms with Crippen molar-refractivity contribution in [3.05, 3.63) is 29.8 Å². The average molecular weight is 162 g/mol. The van der Waals surface area contributed by atoms with E-state index in [9.17, 15) is 0 Å². The smallest absolute Gasteiger partial charge is 0.122 e. The highest BCUT2D eigenvalue weighted by Crippen LogP contribution is 2.28. The second-order valence-electron chi connectivity index (χ2n) is 3.28. The second-order valence-corrected chi connectivity index (χ2v) is 3.28. The van der Waals surface area contributed by atoms with Gasteiger partial charge in [0.2, 0.25) is 0 Å². The van der Waals surface area contributed by atoms with Gasteiger partial charge in [0.25, 0.3) is 0 Å². The van der Waals surface area contributed by atoms with Gasteiger partial charge in [0, 0.05) is 0 Å². The zero-order chi connectivity index (χ0) is 8.39. The molecule has 1 aliphatic rings. The van der Waals surface area contributed by atoms with E-state index in [1.54, 1.807) is 0 Å². The first-order valence-electron chi connectivity index (χ1n) is 4.64. The fourth-order valence-corrected chi connectivity index (χ4v) is 1.28. The van der Waals surface area contributed by atoms with Crippen LogP contribution < -0.4 is 4.74 Å². The summed E-state index contributed by atoms with van der Waals surface area (Å²) in [4.78, 5) is 0. The molecule has 1 heteroatoms. The van der Waals surface area contributed by atoms with Crippen molar-refractivity contribution in [3.8, 4) is 5.75 Å². The maximum absolute atomic E-state index is 5.75. The summed E-state index contributed by atoms with van der Waals surface area (Å²) in [6.07, 6.45) is 4.04. The summed E-state index contributed by atoms with van der Waals surface area (Å²) >= 11 is 0. The Bertz CT molecular complexity index is 263. The average Bonchev–Trinajstić information content (AvgIpc) is 2.89. The molecule has 1 nitrogen and oxygen atoms in total. The third kappa shape index (κ3) is 1.60. The van der Waals surface area contributed by atoms with Crippen LogP contribution in [-0.4, -0.2) is 6.10 Å². The number of aryl methyl sites for hydroxylation is 1. The Balaban J connectivity index is 2.15. The Kier molecular flexibility index (Phi) is 2.03. The molecule has 0 atom stereocenters. The zero-order valence-corrected chi connectivity index (χ0v) is 7.42. The molecule has 0 N–H and O–H groups in total. The summed E-state index contributed by atoms with van der Waals surface area (Å²) in [7, 11) is 0. The lowest BCUT2D eigenvalue weighted by molar-refractivity contribution is 0.300. The summed E-state index contributed by atoms with van der Waals surface area (Å²) in [5.41, 5.74) is 1.32. The van der Waals surface area contributed by atoms with Crippen molar-refractivity contribution in [2.75, 3.05) is 0 Å². The molecule has 0 unspecified atom stereocenters. The van der Waals surface area contributed by atoms with Crippen LogP contribution in [0.3, 0.4) is 0 Å². The van der Waals surface area contributed by atoms with Crippen molar-refractivity contribution < 1.29 is 4.74 Å². The Labute approximate surface area is 73.4 Å². The van der Waals surface area contributed by atoms with E-state index >= 15 is 0 Å². The number of hydrogen-bond donors (Lipinski definition) is 0. The van der Waals surface area contributed by atoms with Crippen LogP contribution in [0.15, 0.2) is 24.3 Å². The van der Waals surface area contributed by atoms with E-state index in [0.717, 1.165) is 12.2 Å².